The monoisotopic (exact) mass is 253 g/mol. The van der Waals surface area contributed by atoms with E-state index in [1.165, 1.54) is 0 Å². The van der Waals surface area contributed by atoms with E-state index in [0.717, 1.165) is 18.8 Å². The molecule has 0 saturated heterocycles. The molecule has 0 aliphatic carbocycles. The Labute approximate surface area is 109 Å². The first-order valence-corrected chi connectivity index (χ1v) is 6.30. The van der Waals surface area contributed by atoms with Gasteiger partial charge in [-0.25, -0.2) is 0 Å². The highest BCUT2D eigenvalue weighted by atomic mass is 16.5. The molecule has 0 aromatic carbocycles. The standard InChI is InChI=1S/C13H23N3O2/c1-6-14-10(9(2)3)7-11-15-12(17-4)8-13(16-11)18-5/h8-10,14H,6-7H2,1-5H3. The van der Waals surface area contributed by atoms with E-state index < -0.39 is 0 Å². The molecular formula is C13H23N3O2. The maximum absolute atomic E-state index is 5.15. The molecule has 0 amide bonds. The third kappa shape index (κ3) is 4.14. The molecule has 1 atom stereocenters. The van der Waals surface area contributed by atoms with Crippen molar-refractivity contribution in [1.29, 1.82) is 0 Å². The average molecular weight is 253 g/mol. The van der Waals surface area contributed by atoms with Gasteiger partial charge in [0.2, 0.25) is 11.8 Å². The van der Waals surface area contributed by atoms with Gasteiger partial charge >= 0.3 is 0 Å². The van der Waals surface area contributed by atoms with Gasteiger partial charge in [0.25, 0.3) is 0 Å². The van der Waals surface area contributed by atoms with E-state index in [0.29, 0.717) is 23.7 Å². The molecule has 1 aromatic rings. The number of nitrogens with one attached hydrogen (secondary N) is 1. The smallest absolute Gasteiger partial charge is 0.220 e. The van der Waals surface area contributed by atoms with Gasteiger partial charge in [-0.05, 0) is 12.5 Å². The Hall–Kier alpha value is -1.36. The van der Waals surface area contributed by atoms with Gasteiger partial charge in [0.15, 0.2) is 0 Å². The van der Waals surface area contributed by atoms with E-state index in [1.807, 2.05) is 0 Å². The fourth-order valence-corrected chi connectivity index (χ4v) is 1.75. The zero-order valence-corrected chi connectivity index (χ0v) is 11.9. The van der Waals surface area contributed by atoms with Crippen LogP contribution in [-0.4, -0.2) is 36.8 Å². The fraction of sp³-hybridized carbons (Fsp3) is 0.692. The lowest BCUT2D eigenvalue weighted by Crippen LogP contribution is -2.36. The molecule has 1 unspecified atom stereocenters. The lowest BCUT2D eigenvalue weighted by Gasteiger charge is -2.21. The maximum atomic E-state index is 5.15. The van der Waals surface area contributed by atoms with Crippen LogP contribution in [0.2, 0.25) is 0 Å². The molecule has 102 valence electrons. The zero-order chi connectivity index (χ0) is 13.5. The zero-order valence-electron chi connectivity index (χ0n) is 11.9. The van der Waals surface area contributed by atoms with Crippen LogP contribution in [0.5, 0.6) is 11.8 Å². The molecule has 1 rings (SSSR count). The molecule has 5 heteroatoms. The van der Waals surface area contributed by atoms with Crippen molar-refractivity contribution in [3.63, 3.8) is 0 Å². The minimum atomic E-state index is 0.354. The van der Waals surface area contributed by atoms with Gasteiger partial charge in [0.05, 0.1) is 20.3 Å². The van der Waals surface area contributed by atoms with Crippen LogP contribution in [0.1, 0.15) is 26.6 Å². The Morgan fingerprint density at radius 2 is 1.72 bits per heavy atom. The Morgan fingerprint density at radius 3 is 2.11 bits per heavy atom. The molecule has 1 N–H and O–H groups in total. The van der Waals surface area contributed by atoms with Crippen LogP contribution in [0.4, 0.5) is 0 Å². The van der Waals surface area contributed by atoms with E-state index in [9.17, 15) is 0 Å². The van der Waals surface area contributed by atoms with Gasteiger partial charge in [-0.2, -0.15) is 9.97 Å². The molecular weight excluding hydrogens is 230 g/mol. The summed E-state index contributed by atoms with van der Waals surface area (Å²) in [5.41, 5.74) is 0. The van der Waals surface area contributed by atoms with Crippen LogP contribution in [0, 0.1) is 5.92 Å². The lowest BCUT2D eigenvalue weighted by atomic mass is 10.0. The molecule has 0 fully saturated rings. The molecule has 0 bridgehead atoms. The van der Waals surface area contributed by atoms with Gasteiger partial charge in [-0.3, -0.25) is 0 Å². The maximum Gasteiger partial charge on any atom is 0.220 e. The Kier molecular flexibility index (Phi) is 5.85. The van der Waals surface area contributed by atoms with Crippen molar-refractivity contribution in [3.8, 4) is 11.8 Å². The fourth-order valence-electron chi connectivity index (χ4n) is 1.75. The van der Waals surface area contributed by atoms with E-state index in [2.05, 4.69) is 36.1 Å². The van der Waals surface area contributed by atoms with Crippen LogP contribution in [0.25, 0.3) is 0 Å². The number of aromatic nitrogens is 2. The summed E-state index contributed by atoms with van der Waals surface area (Å²) in [4.78, 5) is 8.70. The van der Waals surface area contributed by atoms with Gasteiger partial charge in [-0.15, -0.1) is 0 Å². The molecule has 5 nitrogen and oxygen atoms in total. The van der Waals surface area contributed by atoms with Crippen molar-refractivity contribution in [1.82, 2.24) is 15.3 Å². The van der Waals surface area contributed by atoms with E-state index >= 15 is 0 Å². The second-order valence-corrected chi connectivity index (χ2v) is 4.48. The third-order valence-electron chi connectivity index (χ3n) is 2.82. The first-order chi connectivity index (χ1) is 8.60. The van der Waals surface area contributed by atoms with Crippen LogP contribution < -0.4 is 14.8 Å². The molecule has 0 aliphatic heterocycles. The van der Waals surface area contributed by atoms with Crippen molar-refractivity contribution < 1.29 is 9.47 Å². The number of hydrogen-bond acceptors (Lipinski definition) is 5. The van der Waals surface area contributed by atoms with Gasteiger partial charge in [-0.1, -0.05) is 20.8 Å². The molecule has 0 radical (unpaired) electrons. The molecule has 18 heavy (non-hydrogen) atoms. The van der Waals surface area contributed by atoms with Crippen molar-refractivity contribution >= 4 is 0 Å². The van der Waals surface area contributed by atoms with Crippen LogP contribution >= 0.6 is 0 Å². The summed E-state index contributed by atoms with van der Waals surface area (Å²) in [6.45, 7) is 7.40. The summed E-state index contributed by atoms with van der Waals surface area (Å²) in [6.07, 6.45) is 0.763. The van der Waals surface area contributed by atoms with Gasteiger partial charge < -0.3 is 14.8 Å². The van der Waals surface area contributed by atoms with Crippen molar-refractivity contribution in [3.05, 3.63) is 11.9 Å². The summed E-state index contributed by atoms with van der Waals surface area (Å²) >= 11 is 0. The number of ether oxygens (including phenoxy) is 2. The van der Waals surface area contributed by atoms with Crippen LogP contribution in [0.15, 0.2) is 6.07 Å². The minimum Gasteiger partial charge on any atom is -0.481 e. The predicted octanol–water partition coefficient (Wildman–Crippen LogP) is 1.67. The summed E-state index contributed by atoms with van der Waals surface area (Å²) in [5, 5.41) is 3.44. The number of methoxy groups -OCH3 is 2. The average Bonchev–Trinajstić information content (AvgIpc) is 2.37. The quantitative estimate of drug-likeness (QED) is 0.801. The molecule has 0 saturated carbocycles. The van der Waals surface area contributed by atoms with Crippen LogP contribution in [-0.2, 0) is 6.42 Å². The van der Waals surface area contributed by atoms with Crippen molar-refractivity contribution in [2.24, 2.45) is 5.92 Å². The Bertz CT molecular complexity index is 347. The highest BCUT2D eigenvalue weighted by Gasteiger charge is 2.15. The second-order valence-electron chi connectivity index (χ2n) is 4.48. The van der Waals surface area contributed by atoms with Gasteiger partial charge in [0.1, 0.15) is 5.82 Å². The first-order valence-electron chi connectivity index (χ1n) is 6.30. The lowest BCUT2D eigenvalue weighted by molar-refractivity contribution is 0.358. The number of nitrogens with zero attached hydrogens (tertiary/aromatic N) is 2. The topological polar surface area (TPSA) is 56.3 Å². The molecule has 1 aromatic heterocycles. The SMILES string of the molecule is CCNC(Cc1nc(OC)cc(OC)n1)C(C)C. The molecule has 0 aliphatic rings. The van der Waals surface area contributed by atoms with Crippen molar-refractivity contribution in [2.75, 3.05) is 20.8 Å². The summed E-state index contributed by atoms with van der Waals surface area (Å²) in [5.74, 6) is 2.34. The molecule has 0 spiro atoms. The van der Waals surface area contributed by atoms with Crippen LogP contribution in [0.3, 0.4) is 0 Å². The highest BCUT2D eigenvalue weighted by Crippen LogP contribution is 2.16. The van der Waals surface area contributed by atoms with Gasteiger partial charge in [0, 0.05) is 12.5 Å². The largest absolute Gasteiger partial charge is 0.481 e. The van der Waals surface area contributed by atoms with Crippen molar-refractivity contribution in [2.45, 2.75) is 33.2 Å². The predicted molar refractivity (Wildman–Crippen MR) is 71.1 cm³/mol. The van der Waals surface area contributed by atoms with E-state index in [-0.39, 0.29) is 0 Å². The summed E-state index contributed by atoms with van der Waals surface area (Å²) in [7, 11) is 3.19. The van der Waals surface area contributed by atoms with E-state index in [4.69, 9.17) is 9.47 Å². The van der Waals surface area contributed by atoms with E-state index in [1.54, 1.807) is 20.3 Å². The first kappa shape index (κ1) is 14.7. The Morgan fingerprint density at radius 1 is 1.17 bits per heavy atom. The number of likely N-dealkylation sites (N-methyl/N-ethyl adjacent to an activating group) is 1. The number of rotatable bonds is 7. The third-order valence-corrected chi connectivity index (χ3v) is 2.82. The Balaban J connectivity index is 2.87. The number of hydrogen-bond donors (Lipinski definition) is 1. The second kappa shape index (κ2) is 7.16. The summed E-state index contributed by atoms with van der Waals surface area (Å²) in [6, 6.07) is 2.04. The molecule has 1 heterocycles. The summed E-state index contributed by atoms with van der Waals surface area (Å²) < 4.78 is 10.3. The minimum absolute atomic E-state index is 0.354. The normalized spacial score (nSPS) is 12.6. The highest BCUT2D eigenvalue weighted by molar-refractivity contribution is 5.21.